The summed E-state index contributed by atoms with van der Waals surface area (Å²) in [5.74, 6) is 7.04. The van der Waals surface area contributed by atoms with Crippen molar-refractivity contribution in [1.29, 1.82) is 0 Å². The van der Waals surface area contributed by atoms with Crippen molar-refractivity contribution in [3.05, 3.63) is 0 Å². The highest BCUT2D eigenvalue weighted by atomic mass is 14.6. The van der Waals surface area contributed by atoms with Crippen LogP contribution in [0.3, 0.4) is 0 Å². The zero-order chi connectivity index (χ0) is 21.8. The molecular formula is C30H56. The van der Waals surface area contributed by atoms with Gasteiger partial charge >= 0.3 is 0 Å². The van der Waals surface area contributed by atoms with Gasteiger partial charge in [0, 0.05) is 0 Å². The molecule has 0 aliphatic heterocycles. The Morgan fingerprint density at radius 1 is 0.567 bits per heavy atom. The number of hydrogen-bond donors (Lipinski definition) is 0. The standard InChI is InChI=1S/C14H24.C10H16.2C3H8/c1-3-13-6-11-5-12(7-13)9-14(4-2,8-11)10-13;1-2-9-7-4-5-8(6-7)10(9)3-1;2*1-3-2/h11-12H,3-10H2,1-2H3;7-10H,1-6H2;2*3H2,1-2H3. The van der Waals surface area contributed by atoms with Gasteiger partial charge in [0.15, 0.2) is 0 Å². The van der Waals surface area contributed by atoms with Crippen LogP contribution in [0.25, 0.3) is 0 Å². The van der Waals surface area contributed by atoms with Gasteiger partial charge in [-0.1, -0.05) is 73.6 Å². The van der Waals surface area contributed by atoms with Gasteiger partial charge in [-0.25, -0.2) is 0 Å². The van der Waals surface area contributed by atoms with Crippen LogP contribution in [0.2, 0.25) is 0 Å². The van der Waals surface area contributed by atoms with Crippen LogP contribution < -0.4 is 0 Å². The molecule has 0 N–H and O–H groups in total. The van der Waals surface area contributed by atoms with Crippen LogP contribution in [0.5, 0.6) is 0 Å². The summed E-state index contributed by atoms with van der Waals surface area (Å²) in [6.07, 6.45) is 24.5. The van der Waals surface area contributed by atoms with Crippen molar-refractivity contribution in [2.45, 2.75) is 144 Å². The predicted octanol–water partition coefficient (Wildman–Crippen LogP) is 10.1. The maximum atomic E-state index is 2.44. The van der Waals surface area contributed by atoms with E-state index in [9.17, 15) is 0 Å². The summed E-state index contributed by atoms with van der Waals surface area (Å²) in [5, 5.41) is 0. The average molecular weight is 417 g/mol. The molecule has 0 aromatic rings. The molecule has 0 spiro atoms. The number of rotatable bonds is 2. The molecule has 0 aromatic heterocycles. The lowest BCUT2D eigenvalue weighted by Gasteiger charge is -2.62. The molecule has 4 atom stereocenters. The van der Waals surface area contributed by atoms with Crippen LogP contribution in [0, 0.1) is 46.3 Å². The molecular weight excluding hydrogens is 360 g/mol. The largest absolute Gasteiger partial charge is 0.0656 e. The topological polar surface area (TPSA) is 0 Å². The van der Waals surface area contributed by atoms with Gasteiger partial charge in [-0.3, -0.25) is 0 Å². The lowest BCUT2D eigenvalue weighted by atomic mass is 9.43. The van der Waals surface area contributed by atoms with E-state index >= 15 is 0 Å². The van der Waals surface area contributed by atoms with Crippen molar-refractivity contribution in [3.8, 4) is 0 Å². The van der Waals surface area contributed by atoms with Crippen LogP contribution in [0.1, 0.15) is 144 Å². The van der Waals surface area contributed by atoms with Crippen molar-refractivity contribution in [1.82, 2.24) is 0 Å². The predicted molar refractivity (Wildman–Crippen MR) is 134 cm³/mol. The van der Waals surface area contributed by atoms with E-state index in [1.165, 1.54) is 49.4 Å². The average Bonchev–Trinajstić information content (AvgIpc) is 3.44. The molecule has 7 rings (SSSR count). The molecule has 7 saturated carbocycles. The van der Waals surface area contributed by atoms with Crippen LogP contribution in [0.4, 0.5) is 0 Å². The SMILES string of the molecule is C1CC2C3CCC(C3)C2C1.CCC.CCC.CCC12CC3CC(C1)CC(CC)(C3)C2. The summed E-state index contributed by atoms with van der Waals surface area (Å²) in [7, 11) is 0. The van der Waals surface area contributed by atoms with Crippen LogP contribution in [-0.2, 0) is 0 Å². The Balaban J connectivity index is 0.000000140. The summed E-state index contributed by atoms with van der Waals surface area (Å²) in [6.45, 7) is 13.4. The Morgan fingerprint density at radius 3 is 1.33 bits per heavy atom. The normalized spacial score (nSPS) is 46.2. The molecule has 0 aromatic carbocycles. The monoisotopic (exact) mass is 416 g/mol. The molecule has 0 amide bonds. The van der Waals surface area contributed by atoms with Crippen molar-refractivity contribution >= 4 is 0 Å². The fourth-order valence-corrected chi connectivity index (χ4v) is 9.50. The third-order valence-electron chi connectivity index (χ3n) is 10.2. The second-order valence-corrected chi connectivity index (χ2v) is 12.7. The summed E-state index contributed by atoms with van der Waals surface area (Å²) in [5.41, 5.74) is 1.61. The number of fused-ring (bicyclic) bond motifs is 5. The second-order valence-electron chi connectivity index (χ2n) is 12.7. The van der Waals surface area contributed by atoms with E-state index in [4.69, 9.17) is 0 Å². The third kappa shape index (κ3) is 5.14. The molecule has 4 unspecified atom stereocenters. The van der Waals surface area contributed by atoms with E-state index in [1.54, 1.807) is 77.0 Å². The minimum absolute atomic E-state index is 0.806. The van der Waals surface area contributed by atoms with Crippen molar-refractivity contribution in [2.75, 3.05) is 0 Å². The summed E-state index contributed by atoms with van der Waals surface area (Å²) in [6, 6.07) is 0. The zero-order valence-electron chi connectivity index (χ0n) is 21.8. The van der Waals surface area contributed by atoms with Gasteiger partial charge in [0.05, 0.1) is 0 Å². The molecule has 0 saturated heterocycles. The fourth-order valence-electron chi connectivity index (χ4n) is 9.50. The molecule has 0 heteroatoms. The van der Waals surface area contributed by atoms with E-state index < -0.39 is 0 Å². The van der Waals surface area contributed by atoms with Gasteiger partial charge in [0.25, 0.3) is 0 Å². The first-order chi connectivity index (χ1) is 14.5. The highest BCUT2D eigenvalue weighted by Gasteiger charge is 2.55. The number of hydrogen-bond acceptors (Lipinski definition) is 0. The van der Waals surface area contributed by atoms with Crippen molar-refractivity contribution in [3.63, 3.8) is 0 Å². The third-order valence-corrected chi connectivity index (χ3v) is 10.2. The Labute approximate surface area is 190 Å². The summed E-state index contributed by atoms with van der Waals surface area (Å²) < 4.78 is 0. The molecule has 0 nitrogen and oxygen atoms in total. The summed E-state index contributed by atoms with van der Waals surface area (Å²) >= 11 is 0. The molecule has 7 aliphatic rings. The van der Waals surface area contributed by atoms with E-state index in [0.717, 1.165) is 22.7 Å². The maximum Gasteiger partial charge on any atom is -0.0290 e. The lowest BCUT2D eigenvalue weighted by molar-refractivity contribution is -0.113. The molecule has 6 bridgehead atoms. The van der Waals surface area contributed by atoms with Crippen LogP contribution in [-0.4, -0.2) is 0 Å². The van der Waals surface area contributed by atoms with E-state index in [1.807, 2.05) is 0 Å². The van der Waals surface area contributed by atoms with E-state index in [0.29, 0.717) is 0 Å². The molecule has 30 heavy (non-hydrogen) atoms. The van der Waals surface area contributed by atoms with Gasteiger partial charge in [-0.05, 0) is 117 Å². The van der Waals surface area contributed by atoms with E-state index in [2.05, 4.69) is 41.5 Å². The maximum absolute atomic E-state index is 2.44. The summed E-state index contributed by atoms with van der Waals surface area (Å²) in [4.78, 5) is 0. The van der Waals surface area contributed by atoms with E-state index in [-0.39, 0.29) is 0 Å². The van der Waals surface area contributed by atoms with Crippen molar-refractivity contribution in [2.24, 2.45) is 46.3 Å². The minimum Gasteiger partial charge on any atom is -0.0656 e. The highest BCUT2D eigenvalue weighted by molar-refractivity contribution is 5.06. The second kappa shape index (κ2) is 10.7. The fraction of sp³-hybridized carbons (Fsp3) is 1.00. The van der Waals surface area contributed by atoms with Gasteiger partial charge < -0.3 is 0 Å². The minimum atomic E-state index is 0.806. The Kier molecular flexibility index (Phi) is 8.82. The molecule has 0 heterocycles. The first-order valence-corrected chi connectivity index (χ1v) is 14.5. The molecule has 0 radical (unpaired) electrons. The first-order valence-electron chi connectivity index (χ1n) is 14.5. The van der Waals surface area contributed by atoms with Crippen molar-refractivity contribution < 1.29 is 0 Å². The van der Waals surface area contributed by atoms with Crippen LogP contribution in [0.15, 0.2) is 0 Å². The molecule has 176 valence electrons. The zero-order valence-corrected chi connectivity index (χ0v) is 21.8. The highest BCUT2D eigenvalue weighted by Crippen LogP contribution is 2.67. The Bertz CT molecular complexity index is 450. The van der Waals surface area contributed by atoms with Gasteiger partial charge in [-0.2, -0.15) is 0 Å². The molecule has 7 aliphatic carbocycles. The van der Waals surface area contributed by atoms with Gasteiger partial charge in [0.2, 0.25) is 0 Å². The Hall–Kier alpha value is 0. The van der Waals surface area contributed by atoms with Gasteiger partial charge in [-0.15, -0.1) is 0 Å². The quantitative estimate of drug-likeness (QED) is 0.420. The van der Waals surface area contributed by atoms with Gasteiger partial charge in [0.1, 0.15) is 0 Å². The first kappa shape index (κ1) is 24.6. The lowest BCUT2D eigenvalue weighted by Crippen LogP contribution is -2.51. The smallest absolute Gasteiger partial charge is 0.0290 e. The Morgan fingerprint density at radius 2 is 0.967 bits per heavy atom. The molecule has 7 fully saturated rings. The van der Waals surface area contributed by atoms with Crippen LogP contribution >= 0.6 is 0 Å².